The fourth-order valence-electron chi connectivity index (χ4n) is 3.61. The monoisotopic (exact) mass is 342 g/mol. The largest absolute Gasteiger partial charge is 0.417 e. The van der Waals surface area contributed by atoms with E-state index in [1.165, 1.54) is 12.4 Å². The van der Waals surface area contributed by atoms with Crippen LogP contribution in [0.2, 0.25) is 0 Å². The van der Waals surface area contributed by atoms with Crippen LogP contribution in [0, 0.1) is 13.8 Å². The maximum Gasteiger partial charge on any atom is 0.417 e. The van der Waals surface area contributed by atoms with E-state index in [1.807, 2.05) is 36.9 Å². The zero-order chi connectivity index (χ0) is 17.9. The summed E-state index contributed by atoms with van der Waals surface area (Å²) in [5.41, 5.74) is 1.97. The Morgan fingerprint density at radius 3 is 2.44 bits per heavy atom. The number of hydrogen-bond acceptors (Lipinski definition) is 2. The fourth-order valence-corrected chi connectivity index (χ4v) is 3.61. The van der Waals surface area contributed by atoms with Crippen molar-refractivity contribution in [1.29, 1.82) is 0 Å². The number of halogens is 3. The van der Waals surface area contributed by atoms with Gasteiger partial charge in [0.1, 0.15) is 13.4 Å². The number of pyridine rings is 1. The molecule has 0 aliphatic carbocycles. The third kappa shape index (κ3) is 2.17. The van der Waals surface area contributed by atoms with Crippen molar-refractivity contribution < 1.29 is 17.7 Å². The second-order valence-corrected chi connectivity index (χ2v) is 6.24. The van der Waals surface area contributed by atoms with Crippen molar-refractivity contribution in [2.24, 2.45) is 7.05 Å². The molecule has 0 unspecified atom stereocenters. The number of nitrogens with zero attached hydrogens (tertiary/aromatic N) is 3. The Hall–Kier alpha value is -2.76. The Morgan fingerprint density at radius 1 is 0.960 bits per heavy atom. The van der Waals surface area contributed by atoms with Crippen LogP contribution in [0.5, 0.6) is 0 Å². The van der Waals surface area contributed by atoms with Crippen LogP contribution in [0.25, 0.3) is 32.6 Å². The minimum absolute atomic E-state index is 0.145. The van der Waals surface area contributed by atoms with Gasteiger partial charge in [0.2, 0.25) is 5.52 Å². The first-order chi connectivity index (χ1) is 11.8. The molecule has 126 valence electrons. The van der Waals surface area contributed by atoms with Gasteiger partial charge in [-0.2, -0.15) is 13.2 Å². The van der Waals surface area contributed by atoms with Crippen molar-refractivity contribution in [2.75, 3.05) is 0 Å². The van der Waals surface area contributed by atoms with Gasteiger partial charge in [-0.25, -0.2) is 14.5 Å². The third-order valence-electron chi connectivity index (χ3n) is 4.68. The van der Waals surface area contributed by atoms with Crippen LogP contribution in [-0.2, 0) is 13.2 Å². The average molecular weight is 342 g/mol. The summed E-state index contributed by atoms with van der Waals surface area (Å²) >= 11 is 0. The molecule has 4 rings (SSSR count). The molecule has 4 aromatic rings. The van der Waals surface area contributed by atoms with Gasteiger partial charge in [0.15, 0.2) is 6.20 Å². The summed E-state index contributed by atoms with van der Waals surface area (Å²) in [6, 6.07) is 6.37. The van der Waals surface area contributed by atoms with Gasteiger partial charge in [-0.05, 0) is 31.5 Å². The lowest BCUT2D eigenvalue weighted by Crippen LogP contribution is -2.28. The van der Waals surface area contributed by atoms with Crippen LogP contribution >= 0.6 is 0 Å². The van der Waals surface area contributed by atoms with E-state index in [0.29, 0.717) is 22.0 Å². The van der Waals surface area contributed by atoms with E-state index in [2.05, 4.69) is 9.97 Å². The van der Waals surface area contributed by atoms with Gasteiger partial charge in [0, 0.05) is 16.8 Å². The average Bonchev–Trinajstić information content (AvgIpc) is 2.54. The van der Waals surface area contributed by atoms with Gasteiger partial charge in [-0.1, -0.05) is 6.07 Å². The second-order valence-electron chi connectivity index (χ2n) is 6.24. The molecule has 0 N–H and O–H groups in total. The quantitative estimate of drug-likeness (QED) is 0.350. The predicted octanol–water partition coefficient (Wildman–Crippen LogP) is 4.40. The molecule has 2 aromatic heterocycles. The Kier molecular flexibility index (Phi) is 3.22. The molecular formula is C19H15F3N3+. The number of rotatable bonds is 0. The van der Waals surface area contributed by atoms with Crippen LogP contribution in [-0.4, -0.2) is 9.97 Å². The number of fused-ring (bicyclic) bond motifs is 6. The summed E-state index contributed by atoms with van der Waals surface area (Å²) in [5.74, 6) is 0. The molecule has 2 aromatic carbocycles. The van der Waals surface area contributed by atoms with Crippen molar-refractivity contribution in [1.82, 2.24) is 9.97 Å². The van der Waals surface area contributed by atoms with E-state index in [9.17, 15) is 13.2 Å². The van der Waals surface area contributed by atoms with Crippen LogP contribution in [0.4, 0.5) is 13.2 Å². The number of hydrogen-bond donors (Lipinski definition) is 0. The maximum atomic E-state index is 13.7. The van der Waals surface area contributed by atoms with Crippen molar-refractivity contribution >= 4 is 32.6 Å². The van der Waals surface area contributed by atoms with Crippen molar-refractivity contribution in [3.8, 4) is 0 Å². The van der Waals surface area contributed by atoms with Gasteiger partial charge in [-0.3, -0.25) is 0 Å². The van der Waals surface area contributed by atoms with Gasteiger partial charge in [0.05, 0.1) is 27.5 Å². The number of aryl methyl sites for hydroxylation is 3. The van der Waals surface area contributed by atoms with Crippen LogP contribution < -0.4 is 4.57 Å². The summed E-state index contributed by atoms with van der Waals surface area (Å²) in [6.07, 6.45) is -1.25. The lowest BCUT2D eigenvalue weighted by atomic mass is 9.92. The standard InChI is InChI=1S/C19H15F3N3/c1-10-6-7-13(19(20,21)22)16-14(10)12-5-4-8-25(3)18(12)15-11(2)23-9-24-17(15)16/h4-9H,1-3H3/q+1. The van der Waals surface area contributed by atoms with Crippen LogP contribution in [0.15, 0.2) is 36.8 Å². The molecule has 3 nitrogen and oxygen atoms in total. The molecule has 0 amide bonds. The topological polar surface area (TPSA) is 29.7 Å². The highest BCUT2D eigenvalue weighted by Crippen LogP contribution is 2.42. The van der Waals surface area contributed by atoms with Gasteiger partial charge in [-0.15, -0.1) is 0 Å². The minimum Gasteiger partial charge on any atom is -0.241 e. The Morgan fingerprint density at radius 2 is 1.72 bits per heavy atom. The van der Waals surface area contributed by atoms with Crippen molar-refractivity contribution in [2.45, 2.75) is 20.0 Å². The van der Waals surface area contributed by atoms with Crippen LogP contribution in [0.1, 0.15) is 16.8 Å². The van der Waals surface area contributed by atoms with E-state index in [1.54, 1.807) is 6.92 Å². The first kappa shape index (κ1) is 15.7. The number of aromatic nitrogens is 3. The normalized spacial score (nSPS) is 12.4. The summed E-state index contributed by atoms with van der Waals surface area (Å²) in [4.78, 5) is 8.47. The summed E-state index contributed by atoms with van der Waals surface area (Å²) in [5, 5.41) is 2.16. The molecule has 0 spiro atoms. The maximum absolute atomic E-state index is 13.7. The first-order valence-corrected chi connectivity index (χ1v) is 7.83. The highest BCUT2D eigenvalue weighted by molar-refractivity contribution is 6.24. The van der Waals surface area contributed by atoms with Gasteiger partial charge in [0.25, 0.3) is 0 Å². The Balaban J connectivity index is 2.48. The first-order valence-electron chi connectivity index (χ1n) is 7.83. The van der Waals surface area contributed by atoms with E-state index in [4.69, 9.17) is 0 Å². The molecule has 6 heteroatoms. The Labute approximate surface area is 141 Å². The number of alkyl halides is 3. The summed E-state index contributed by atoms with van der Waals surface area (Å²) in [6.45, 7) is 3.63. The molecule has 25 heavy (non-hydrogen) atoms. The van der Waals surface area contributed by atoms with Crippen molar-refractivity contribution in [3.05, 3.63) is 53.6 Å². The molecule has 0 saturated carbocycles. The second kappa shape index (κ2) is 5.12. The van der Waals surface area contributed by atoms with Gasteiger partial charge >= 0.3 is 6.18 Å². The molecule has 0 fully saturated rings. The minimum atomic E-state index is -4.46. The lowest BCUT2D eigenvalue weighted by Gasteiger charge is -2.16. The molecule has 0 saturated heterocycles. The fraction of sp³-hybridized carbons (Fsp3) is 0.211. The SMILES string of the molecule is Cc1ccc(C(F)(F)F)c2c3ncnc(C)c3c3c(ccc[n+]3C)c12. The van der Waals surface area contributed by atoms with Crippen molar-refractivity contribution in [3.63, 3.8) is 0 Å². The van der Waals surface area contributed by atoms with E-state index in [0.717, 1.165) is 22.5 Å². The van der Waals surface area contributed by atoms with E-state index in [-0.39, 0.29) is 5.39 Å². The summed E-state index contributed by atoms with van der Waals surface area (Å²) in [7, 11) is 1.88. The molecular weight excluding hydrogens is 327 g/mol. The summed E-state index contributed by atoms with van der Waals surface area (Å²) < 4.78 is 43.0. The number of benzene rings is 2. The van der Waals surface area contributed by atoms with E-state index < -0.39 is 11.7 Å². The Bertz CT molecular complexity index is 1160. The zero-order valence-electron chi connectivity index (χ0n) is 13.9. The highest BCUT2D eigenvalue weighted by atomic mass is 19.4. The molecule has 0 radical (unpaired) electrons. The molecule has 0 aliphatic heterocycles. The van der Waals surface area contributed by atoms with Gasteiger partial charge < -0.3 is 0 Å². The highest BCUT2D eigenvalue weighted by Gasteiger charge is 2.35. The molecule has 0 bridgehead atoms. The molecule has 0 aliphatic rings. The smallest absolute Gasteiger partial charge is 0.241 e. The van der Waals surface area contributed by atoms with E-state index >= 15 is 0 Å². The molecule has 2 heterocycles. The zero-order valence-corrected chi connectivity index (χ0v) is 13.9. The predicted molar refractivity (Wildman–Crippen MR) is 90.2 cm³/mol. The lowest BCUT2D eigenvalue weighted by molar-refractivity contribution is -0.644. The van der Waals surface area contributed by atoms with Crippen LogP contribution in [0.3, 0.4) is 0 Å². The molecule has 0 atom stereocenters. The third-order valence-corrected chi connectivity index (χ3v) is 4.68.